The molecule has 1 saturated heterocycles. The second kappa shape index (κ2) is 9.08. The summed E-state index contributed by atoms with van der Waals surface area (Å²) in [6, 6.07) is 4.77. The van der Waals surface area contributed by atoms with Crippen LogP contribution in [-0.4, -0.2) is 39.0 Å². The highest BCUT2D eigenvalue weighted by Gasteiger charge is 2.21. The maximum Gasteiger partial charge on any atom is 0.214 e. The molecule has 1 aromatic carbocycles. The molecule has 1 N–H and O–H groups in total. The van der Waals surface area contributed by atoms with Gasteiger partial charge in [0.05, 0.1) is 27.4 Å². The number of halogens is 3. The van der Waals surface area contributed by atoms with E-state index in [-0.39, 0.29) is 21.8 Å². The summed E-state index contributed by atoms with van der Waals surface area (Å²) >= 11 is 11.8. The third-order valence-corrected chi connectivity index (χ3v) is 5.94. The van der Waals surface area contributed by atoms with Crippen LogP contribution in [0.15, 0.2) is 55.7 Å². The average molecular weight is 460 g/mol. The van der Waals surface area contributed by atoms with E-state index in [0.29, 0.717) is 22.6 Å². The van der Waals surface area contributed by atoms with Gasteiger partial charge in [0.25, 0.3) is 0 Å². The number of hydrogen-bond donors (Lipinski definition) is 1. The number of allylic oxidation sites excluding steroid dienone is 1. The van der Waals surface area contributed by atoms with Gasteiger partial charge >= 0.3 is 0 Å². The molecular weight excluding hydrogens is 440 g/mol. The van der Waals surface area contributed by atoms with Gasteiger partial charge in [0.1, 0.15) is 18.2 Å². The number of anilines is 2. The van der Waals surface area contributed by atoms with Crippen molar-refractivity contribution in [1.29, 1.82) is 0 Å². The molecule has 0 amide bonds. The third kappa shape index (κ3) is 4.57. The Bertz CT molecular complexity index is 1150. The van der Waals surface area contributed by atoms with Crippen LogP contribution in [0.25, 0.3) is 10.9 Å². The summed E-state index contributed by atoms with van der Waals surface area (Å²) in [5.41, 5.74) is 1.68. The number of fused-ring (bicyclic) bond motifs is 1. The molecule has 3 aromatic rings. The number of ether oxygens (including phenoxy) is 1. The minimum absolute atomic E-state index is 0.0346. The molecule has 0 saturated carbocycles. The number of aromatic nitrogens is 3. The molecule has 0 atom stereocenters. The lowest BCUT2D eigenvalue weighted by Gasteiger charge is -2.33. The highest BCUT2D eigenvalue weighted by atomic mass is 35.5. The first kappa shape index (κ1) is 21.3. The molecule has 4 rings (SSSR count). The van der Waals surface area contributed by atoms with Crippen LogP contribution < -0.4 is 10.1 Å². The highest BCUT2D eigenvalue weighted by molar-refractivity contribution is 6.42. The molecule has 1 aliphatic heterocycles. The van der Waals surface area contributed by atoms with Crippen molar-refractivity contribution in [2.24, 2.45) is 0 Å². The molecule has 0 bridgehead atoms. The third-order valence-electron chi connectivity index (χ3n) is 5.16. The molecule has 3 heterocycles. The average Bonchev–Trinajstić information content (AvgIpc) is 2.79. The molecule has 0 unspecified atom stereocenters. The van der Waals surface area contributed by atoms with Crippen molar-refractivity contribution in [1.82, 2.24) is 19.9 Å². The largest absolute Gasteiger partial charge is 0.474 e. The molecule has 9 heteroatoms. The summed E-state index contributed by atoms with van der Waals surface area (Å²) in [6.07, 6.45) is 6.47. The first-order valence-electron chi connectivity index (χ1n) is 9.70. The number of benzene rings is 1. The van der Waals surface area contributed by atoms with Crippen LogP contribution in [0.4, 0.5) is 15.9 Å². The lowest BCUT2D eigenvalue weighted by atomic mass is 10.1. The van der Waals surface area contributed by atoms with Crippen LogP contribution in [0.3, 0.4) is 0 Å². The van der Waals surface area contributed by atoms with E-state index in [9.17, 15) is 4.39 Å². The minimum atomic E-state index is -0.653. The fourth-order valence-electron chi connectivity index (χ4n) is 3.41. The Morgan fingerprint density at radius 3 is 2.74 bits per heavy atom. The fraction of sp³-hybridized carbons (Fsp3) is 0.227. The Morgan fingerprint density at radius 2 is 2.00 bits per heavy atom. The summed E-state index contributed by atoms with van der Waals surface area (Å²) in [5, 5.41) is 3.60. The molecule has 2 aromatic heterocycles. The second-order valence-corrected chi connectivity index (χ2v) is 7.89. The van der Waals surface area contributed by atoms with Crippen LogP contribution in [0.5, 0.6) is 5.88 Å². The highest BCUT2D eigenvalue weighted by Crippen LogP contribution is 2.33. The van der Waals surface area contributed by atoms with Crippen LogP contribution >= 0.6 is 23.2 Å². The van der Waals surface area contributed by atoms with Crippen LogP contribution in [-0.2, 0) is 0 Å². The Kier molecular flexibility index (Phi) is 6.25. The Labute approximate surface area is 189 Å². The van der Waals surface area contributed by atoms with Crippen molar-refractivity contribution >= 4 is 45.6 Å². The van der Waals surface area contributed by atoms with Crippen molar-refractivity contribution in [2.45, 2.75) is 18.9 Å². The van der Waals surface area contributed by atoms with E-state index in [4.69, 9.17) is 27.9 Å². The van der Waals surface area contributed by atoms with Crippen molar-refractivity contribution < 1.29 is 9.13 Å². The number of piperidine rings is 1. The number of nitrogens with zero attached hydrogens (tertiary/aromatic N) is 4. The van der Waals surface area contributed by atoms with E-state index in [1.165, 1.54) is 18.5 Å². The van der Waals surface area contributed by atoms with E-state index < -0.39 is 5.82 Å². The monoisotopic (exact) mass is 459 g/mol. The number of hydrogen-bond acceptors (Lipinski definition) is 6. The van der Waals surface area contributed by atoms with Gasteiger partial charge < -0.3 is 15.0 Å². The summed E-state index contributed by atoms with van der Waals surface area (Å²) < 4.78 is 20.6. The predicted octanol–water partition coefficient (Wildman–Crippen LogP) is 5.76. The second-order valence-electron chi connectivity index (χ2n) is 7.11. The van der Waals surface area contributed by atoms with Gasteiger partial charge in [-0.1, -0.05) is 36.4 Å². The Hall–Kier alpha value is -2.90. The Morgan fingerprint density at radius 1 is 1.23 bits per heavy atom. The maximum absolute atomic E-state index is 14.5. The van der Waals surface area contributed by atoms with Gasteiger partial charge in [-0.3, -0.25) is 0 Å². The molecule has 0 spiro atoms. The van der Waals surface area contributed by atoms with Gasteiger partial charge in [0.15, 0.2) is 5.82 Å². The fourth-order valence-corrected chi connectivity index (χ4v) is 3.73. The first-order chi connectivity index (χ1) is 15.0. The van der Waals surface area contributed by atoms with Crippen LogP contribution in [0, 0.1) is 5.82 Å². The molecule has 160 valence electrons. The molecule has 6 nitrogen and oxygen atoms in total. The van der Waals surface area contributed by atoms with Crippen molar-refractivity contribution in [3.8, 4) is 5.88 Å². The normalized spacial score (nSPS) is 14.5. The zero-order valence-electron chi connectivity index (χ0n) is 16.6. The molecule has 1 fully saturated rings. The van der Waals surface area contributed by atoms with E-state index in [1.54, 1.807) is 18.3 Å². The van der Waals surface area contributed by atoms with Crippen molar-refractivity contribution in [3.63, 3.8) is 0 Å². The quantitative estimate of drug-likeness (QED) is 0.373. The molecule has 0 aliphatic carbocycles. The van der Waals surface area contributed by atoms with E-state index >= 15 is 0 Å². The summed E-state index contributed by atoms with van der Waals surface area (Å²) in [4.78, 5) is 15.0. The van der Waals surface area contributed by atoms with Gasteiger partial charge in [0, 0.05) is 43.1 Å². The van der Waals surface area contributed by atoms with Gasteiger partial charge in [0.2, 0.25) is 5.88 Å². The topological polar surface area (TPSA) is 63.2 Å². The predicted molar refractivity (Wildman–Crippen MR) is 122 cm³/mol. The zero-order valence-corrected chi connectivity index (χ0v) is 18.1. The molecule has 0 radical (unpaired) electrons. The van der Waals surface area contributed by atoms with E-state index in [0.717, 1.165) is 31.6 Å². The van der Waals surface area contributed by atoms with E-state index in [1.807, 2.05) is 0 Å². The first-order valence-corrected chi connectivity index (χ1v) is 10.5. The summed E-state index contributed by atoms with van der Waals surface area (Å²) in [7, 11) is 0. The number of nitrogens with one attached hydrogen (secondary N) is 1. The SMILES string of the molecule is C=CC(=C)N1CCC(Oc2cc3c(Nc4ccc(Cl)c(Cl)c4F)ncnc3cn2)CC1. The molecular formula is C22H20Cl2FN5O. The lowest BCUT2D eigenvalue weighted by molar-refractivity contribution is 0.115. The van der Waals surface area contributed by atoms with Crippen molar-refractivity contribution in [2.75, 3.05) is 18.4 Å². The standard InChI is InChI=1S/C22H20Cl2FN5O/c1-3-13(2)30-8-6-14(7-9-30)31-19-10-15-18(11-26-19)27-12-28-22(15)29-17-5-4-16(23)20(24)21(17)25/h3-5,10-12,14H,1-2,6-9H2,(H,27,28,29). The lowest BCUT2D eigenvalue weighted by Crippen LogP contribution is -2.37. The van der Waals surface area contributed by atoms with Gasteiger partial charge in [-0.25, -0.2) is 19.3 Å². The summed E-state index contributed by atoms with van der Waals surface area (Å²) in [6.45, 7) is 9.44. The van der Waals surface area contributed by atoms with Gasteiger partial charge in [-0.2, -0.15) is 0 Å². The van der Waals surface area contributed by atoms with Crippen molar-refractivity contribution in [3.05, 3.63) is 71.5 Å². The van der Waals surface area contributed by atoms with Gasteiger partial charge in [-0.05, 0) is 18.2 Å². The maximum atomic E-state index is 14.5. The van der Waals surface area contributed by atoms with Gasteiger partial charge in [-0.15, -0.1) is 0 Å². The van der Waals surface area contributed by atoms with Crippen LogP contribution in [0.1, 0.15) is 12.8 Å². The molecule has 1 aliphatic rings. The van der Waals surface area contributed by atoms with E-state index in [2.05, 4.69) is 38.3 Å². The molecule has 31 heavy (non-hydrogen) atoms. The summed E-state index contributed by atoms with van der Waals surface area (Å²) in [5.74, 6) is 0.215. The Balaban J connectivity index is 1.55. The smallest absolute Gasteiger partial charge is 0.214 e. The van der Waals surface area contributed by atoms with Crippen LogP contribution in [0.2, 0.25) is 10.0 Å². The number of likely N-dealkylation sites (tertiary alicyclic amines) is 1. The number of pyridine rings is 1. The number of rotatable bonds is 6. The minimum Gasteiger partial charge on any atom is -0.474 e. The zero-order chi connectivity index (χ0) is 22.0.